The minimum atomic E-state index is -4.90. The predicted molar refractivity (Wildman–Crippen MR) is 166 cm³/mol. The van der Waals surface area contributed by atoms with Crippen molar-refractivity contribution in [1.82, 2.24) is 10.6 Å². The molecule has 2 aromatic carbocycles. The summed E-state index contributed by atoms with van der Waals surface area (Å²) in [5.41, 5.74) is 0.874. The van der Waals surface area contributed by atoms with E-state index >= 15 is 0 Å². The summed E-state index contributed by atoms with van der Waals surface area (Å²) >= 11 is 8.40. The van der Waals surface area contributed by atoms with E-state index in [1.165, 1.54) is 0 Å². The molecule has 0 bridgehead atoms. The number of nitrogens with one attached hydrogen (secondary N) is 2. The van der Waals surface area contributed by atoms with Gasteiger partial charge in [0.2, 0.25) is 0 Å². The lowest BCUT2D eigenvalue weighted by atomic mass is 10.1. The Morgan fingerprint density at radius 2 is 1.54 bits per heavy atom. The van der Waals surface area contributed by atoms with E-state index in [0.717, 1.165) is 12.7 Å². The number of unbranched alkanes of at least 4 members (excludes halogenated alkanes) is 1. The number of halogens is 7. The second-order valence-corrected chi connectivity index (χ2v) is 12.3. The summed E-state index contributed by atoms with van der Waals surface area (Å²) in [5.74, 6) is -0.934. The summed E-state index contributed by atoms with van der Waals surface area (Å²) in [6, 6.07) is 6.66. The number of hydrogen-bond donors (Lipinski definition) is 3. The van der Waals surface area contributed by atoms with Gasteiger partial charge in [0.1, 0.15) is 17.5 Å². The Labute approximate surface area is 266 Å². The molecule has 0 fully saturated rings. The number of rotatable bonds is 12. The Kier molecular flexibility index (Phi) is 13.7. The molecule has 1 amide bonds. The van der Waals surface area contributed by atoms with Crippen LogP contribution in [0.25, 0.3) is 0 Å². The van der Waals surface area contributed by atoms with Crippen molar-refractivity contribution in [2.75, 3.05) is 19.7 Å². The second kappa shape index (κ2) is 15.4. The fraction of sp³-hybridized carbons (Fsp3) is 0.391. The molecule has 0 spiro atoms. The van der Waals surface area contributed by atoms with Crippen LogP contribution in [0.15, 0.2) is 24.3 Å². The number of carbonyl (C=O) groups excluding carboxylic acids is 2. The number of ether oxygens (including phenoxy) is 2. The summed E-state index contributed by atoms with van der Waals surface area (Å²) in [7, 11) is 0. The average Bonchev–Trinajstić information content (AvgIpc) is 2.80. The fourth-order valence-corrected chi connectivity index (χ4v) is 6.92. The number of amides is 1. The van der Waals surface area contributed by atoms with Crippen molar-refractivity contribution in [2.24, 2.45) is 0 Å². The first-order chi connectivity index (χ1) is 17.3. The zero-order chi connectivity index (χ0) is 27.8. The third kappa shape index (κ3) is 10.6. The van der Waals surface area contributed by atoms with Gasteiger partial charge in [0, 0.05) is 6.54 Å². The van der Waals surface area contributed by atoms with E-state index in [-0.39, 0.29) is 18.9 Å². The first kappa shape index (κ1) is 32.9. The molecule has 7 nitrogen and oxygen atoms in total. The molecule has 0 radical (unpaired) electrons. The van der Waals surface area contributed by atoms with Crippen molar-refractivity contribution in [2.45, 2.75) is 38.4 Å². The largest absolute Gasteiger partial charge is 0.506 e. The van der Waals surface area contributed by atoms with Gasteiger partial charge in [0.15, 0.2) is 5.75 Å². The van der Waals surface area contributed by atoms with E-state index in [9.17, 15) is 27.9 Å². The molecule has 0 heterocycles. The molecular formula is C23H23F3I4N2O5. The average molecular weight is 972 g/mol. The standard InChI is InChI=1S/C23H23F3I4N2O5/c1-2-36-21(34)18(31-5-3-4-6-32-22(35)23(24,25)26)9-12-7-16(29)20(17(30)8-12)37-13-10-14(27)19(33)15(28)11-13/h7-8,10-11,18,31,33H,2-6,9H2,1H3,(H,32,35). The van der Waals surface area contributed by atoms with Crippen LogP contribution in [0.4, 0.5) is 13.2 Å². The Morgan fingerprint density at radius 1 is 0.973 bits per heavy atom. The number of benzene rings is 2. The highest BCUT2D eigenvalue weighted by atomic mass is 127. The van der Waals surface area contributed by atoms with Crippen LogP contribution in [0.2, 0.25) is 0 Å². The van der Waals surface area contributed by atoms with Gasteiger partial charge in [-0.2, -0.15) is 13.2 Å². The van der Waals surface area contributed by atoms with Crippen LogP contribution in [0, 0.1) is 14.3 Å². The molecule has 1 unspecified atom stereocenters. The zero-order valence-electron chi connectivity index (χ0n) is 19.4. The molecule has 0 aliphatic rings. The molecule has 2 aromatic rings. The van der Waals surface area contributed by atoms with Gasteiger partial charge >= 0.3 is 18.1 Å². The van der Waals surface area contributed by atoms with Crippen LogP contribution < -0.4 is 15.4 Å². The minimum Gasteiger partial charge on any atom is -0.506 e. The summed E-state index contributed by atoms with van der Waals surface area (Å²) in [6.07, 6.45) is -3.78. The summed E-state index contributed by atoms with van der Waals surface area (Å²) < 4.78 is 51.0. The number of esters is 1. The molecular weight excluding hydrogens is 949 g/mol. The highest BCUT2D eigenvalue weighted by molar-refractivity contribution is 14.1. The van der Waals surface area contributed by atoms with Crippen LogP contribution in [-0.4, -0.2) is 48.9 Å². The number of phenols is 1. The van der Waals surface area contributed by atoms with Gasteiger partial charge < -0.3 is 25.2 Å². The van der Waals surface area contributed by atoms with Crippen LogP contribution in [0.5, 0.6) is 17.2 Å². The smallest absolute Gasteiger partial charge is 0.471 e. The Morgan fingerprint density at radius 3 is 2.08 bits per heavy atom. The third-order valence-corrected chi connectivity index (χ3v) is 8.06. The van der Waals surface area contributed by atoms with Crippen molar-refractivity contribution in [1.29, 1.82) is 0 Å². The molecule has 2 rings (SSSR count). The van der Waals surface area contributed by atoms with E-state index in [1.54, 1.807) is 19.1 Å². The Hall–Kier alpha value is -0.350. The lowest BCUT2D eigenvalue weighted by Crippen LogP contribution is -2.41. The van der Waals surface area contributed by atoms with Crippen molar-refractivity contribution in [3.8, 4) is 17.2 Å². The van der Waals surface area contributed by atoms with Crippen molar-refractivity contribution >= 4 is 102 Å². The maximum Gasteiger partial charge on any atom is 0.471 e. The topological polar surface area (TPSA) is 96.9 Å². The van der Waals surface area contributed by atoms with Crippen molar-refractivity contribution in [3.05, 3.63) is 44.1 Å². The predicted octanol–water partition coefficient (Wildman–Crippen LogP) is 6.13. The SMILES string of the molecule is CCOC(=O)C(Cc1cc(I)c(Oc2cc(I)c(O)c(I)c2)c(I)c1)NCCCCNC(=O)C(F)(F)F. The van der Waals surface area contributed by atoms with Gasteiger partial charge in [0.25, 0.3) is 0 Å². The van der Waals surface area contributed by atoms with Crippen LogP contribution in [0.3, 0.4) is 0 Å². The molecule has 0 aliphatic carbocycles. The normalized spacial score (nSPS) is 12.2. The van der Waals surface area contributed by atoms with Gasteiger partial charge in [-0.1, -0.05) is 0 Å². The van der Waals surface area contributed by atoms with Crippen LogP contribution in [0.1, 0.15) is 25.3 Å². The molecule has 3 N–H and O–H groups in total. The lowest BCUT2D eigenvalue weighted by molar-refractivity contribution is -0.173. The van der Waals surface area contributed by atoms with E-state index in [4.69, 9.17) is 9.47 Å². The maximum absolute atomic E-state index is 12.5. The first-order valence-electron chi connectivity index (χ1n) is 10.9. The second-order valence-electron chi connectivity index (χ2n) is 7.65. The van der Waals surface area contributed by atoms with Gasteiger partial charge in [-0.15, -0.1) is 0 Å². The molecule has 0 saturated carbocycles. The fourth-order valence-electron chi connectivity index (χ4n) is 3.09. The number of alkyl halides is 3. The molecule has 204 valence electrons. The molecule has 0 saturated heterocycles. The van der Waals surface area contributed by atoms with Gasteiger partial charge in [-0.3, -0.25) is 9.59 Å². The summed E-state index contributed by atoms with van der Waals surface area (Å²) in [4.78, 5) is 23.4. The third-order valence-electron chi connectivity index (χ3n) is 4.82. The van der Waals surface area contributed by atoms with Gasteiger partial charge in [0.05, 0.1) is 20.9 Å². The van der Waals surface area contributed by atoms with Crippen LogP contribution in [-0.2, 0) is 20.7 Å². The van der Waals surface area contributed by atoms with E-state index in [0.29, 0.717) is 44.4 Å². The van der Waals surface area contributed by atoms with Crippen molar-refractivity contribution in [3.63, 3.8) is 0 Å². The quantitative estimate of drug-likeness (QED) is 0.135. The number of carbonyl (C=O) groups is 2. The number of aromatic hydroxyl groups is 1. The minimum absolute atomic E-state index is 0.110. The molecule has 1 atom stereocenters. The maximum atomic E-state index is 12.5. The summed E-state index contributed by atoms with van der Waals surface area (Å²) in [5, 5.41) is 14.9. The molecule has 14 heteroatoms. The van der Waals surface area contributed by atoms with Gasteiger partial charge in [-0.05, 0) is 153 Å². The zero-order valence-corrected chi connectivity index (χ0v) is 28.0. The van der Waals surface area contributed by atoms with Crippen molar-refractivity contribution < 1.29 is 37.3 Å². The van der Waals surface area contributed by atoms with Crippen LogP contribution >= 0.6 is 90.4 Å². The van der Waals surface area contributed by atoms with Gasteiger partial charge in [-0.25, -0.2) is 0 Å². The lowest BCUT2D eigenvalue weighted by Gasteiger charge is -2.19. The number of phenolic OH excluding ortho intramolecular Hbond substituents is 1. The molecule has 0 aliphatic heterocycles. The first-order valence-corrected chi connectivity index (χ1v) is 15.2. The summed E-state index contributed by atoms with van der Waals surface area (Å²) in [6.45, 7) is 2.18. The molecule has 37 heavy (non-hydrogen) atoms. The van der Waals surface area contributed by atoms with E-state index in [1.807, 2.05) is 62.6 Å². The Balaban J connectivity index is 2.03. The Bertz CT molecular complexity index is 1070. The highest BCUT2D eigenvalue weighted by Gasteiger charge is 2.38. The van der Waals surface area contributed by atoms with E-state index < -0.39 is 24.1 Å². The molecule has 0 aromatic heterocycles. The van der Waals surface area contributed by atoms with E-state index in [2.05, 4.69) is 50.5 Å². The highest BCUT2D eigenvalue weighted by Crippen LogP contribution is 2.37. The monoisotopic (exact) mass is 972 g/mol. The number of hydrogen-bond acceptors (Lipinski definition) is 6.